The number of benzene rings is 2. The van der Waals surface area contributed by atoms with Crippen molar-refractivity contribution in [2.24, 2.45) is 0 Å². The van der Waals surface area contributed by atoms with E-state index >= 15 is 0 Å². The first-order valence-corrected chi connectivity index (χ1v) is 9.13. The van der Waals surface area contributed by atoms with Gasteiger partial charge in [0.25, 0.3) is 0 Å². The van der Waals surface area contributed by atoms with Gasteiger partial charge in [-0.3, -0.25) is 4.68 Å². The van der Waals surface area contributed by atoms with Crippen molar-refractivity contribution >= 4 is 40.3 Å². The van der Waals surface area contributed by atoms with Gasteiger partial charge in [-0.1, -0.05) is 29.8 Å². The summed E-state index contributed by atoms with van der Waals surface area (Å²) in [6.07, 6.45) is 0. The molecule has 3 aromatic rings. The number of nitrogens with zero attached hydrogens (tertiary/aromatic N) is 2. The molecule has 0 atom stereocenters. The zero-order chi connectivity index (χ0) is 18.7. The maximum Gasteiger partial charge on any atom is 0.175 e. The van der Waals surface area contributed by atoms with E-state index in [0.717, 1.165) is 34.9 Å². The molecule has 0 aliphatic rings. The van der Waals surface area contributed by atoms with E-state index in [9.17, 15) is 0 Å². The lowest BCUT2D eigenvalue weighted by atomic mass is 10.2. The standard InChI is InChI=1S/C20H21ClN4S/c1-13-4-7-18(11-19(13)21)23-20(26)22-17-8-5-16(6-9-17)12-25-15(3)10-14(2)24-25/h4-11H,12H2,1-3H3,(H2,22,23,26). The van der Waals surface area contributed by atoms with Crippen LogP contribution in [0.3, 0.4) is 0 Å². The highest BCUT2D eigenvalue weighted by Gasteiger charge is 2.04. The van der Waals surface area contributed by atoms with Crippen LogP contribution in [-0.4, -0.2) is 14.9 Å². The molecule has 0 fully saturated rings. The van der Waals surface area contributed by atoms with Gasteiger partial charge in [0.1, 0.15) is 0 Å². The quantitative estimate of drug-likeness (QED) is 0.597. The van der Waals surface area contributed by atoms with Crippen LogP contribution in [0.4, 0.5) is 11.4 Å². The van der Waals surface area contributed by atoms with Gasteiger partial charge in [0.05, 0.1) is 12.2 Å². The zero-order valence-electron chi connectivity index (χ0n) is 15.0. The van der Waals surface area contributed by atoms with E-state index < -0.39 is 0 Å². The molecule has 26 heavy (non-hydrogen) atoms. The van der Waals surface area contributed by atoms with E-state index in [1.165, 1.54) is 5.56 Å². The van der Waals surface area contributed by atoms with Crippen LogP contribution in [0.15, 0.2) is 48.5 Å². The monoisotopic (exact) mass is 384 g/mol. The molecule has 0 radical (unpaired) electrons. The van der Waals surface area contributed by atoms with Crippen molar-refractivity contribution in [2.75, 3.05) is 10.6 Å². The molecule has 6 heteroatoms. The van der Waals surface area contributed by atoms with Crippen molar-refractivity contribution in [3.63, 3.8) is 0 Å². The molecule has 0 saturated carbocycles. The number of rotatable bonds is 4. The number of hydrogen-bond donors (Lipinski definition) is 2. The summed E-state index contributed by atoms with van der Waals surface area (Å²) in [6, 6.07) is 16.0. The third-order valence-electron chi connectivity index (χ3n) is 4.08. The maximum absolute atomic E-state index is 6.14. The van der Waals surface area contributed by atoms with Crippen molar-refractivity contribution in [1.29, 1.82) is 0 Å². The van der Waals surface area contributed by atoms with Gasteiger partial charge in [0.2, 0.25) is 0 Å². The Balaban J connectivity index is 1.60. The Hall–Kier alpha value is -2.37. The predicted octanol–water partition coefficient (Wildman–Crippen LogP) is 5.32. The summed E-state index contributed by atoms with van der Waals surface area (Å²) in [5.74, 6) is 0. The molecule has 0 unspecified atom stereocenters. The minimum absolute atomic E-state index is 0.524. The number of nitrogens with one attached hydrogen (secondary N) is 2. The second-order valence-electron chi connectivity index (χ2n) is 6.32. The summed E-state index contributed by atoms with van der Waals surface area (Å²) in [4.78, 5) is 0. The Morgan fingerprint density at radius 1 is 1.00 bits per heavy atom. The van der Waals surface area contributed by atoms with E-state index in [1.54, 1.807) is 0 Å². The molecule has 0 amide bonds. The summed E-state index contributed by atoms with van der Waals surface area (Å²) in [5.41, 5.74) is 6.21. The topological polar surface area (TPSA) is 41.9 Å². The molecule has 1 heterocycles. The second kappa shape index (κ2) is 7.89. The van der Waals surface area contributed by atoms with E-state index in [0.29, 0.717) is 10.1 Å². The van der Waals surface area contributed by atoms with Gasteiger partial charge in [-0.25, -0.2) is 0 Å². The molecule has 4 nitrogen and oxygen atoms in total. The van der Waals surface area contributed by atoms with Crippen molar-refractivity contribution in [3.8, 4) is 0 Å². The number of aromatic nitrogens is 2. The van der Waals surface area contributed by atoms with E-state index in [1.807, 2.05) is 48.9 Å². The fourth-order valence-electron chi connectivity index (χ4n) is 2.67. The fourth-order valence-corrected chi connectivity index (χ4v) is 3.08. The third-order valence-corrected chi connectivity index (χ3v) is 4.69. The molecule has 0 bridgehead atoms. The molecule has 134 valence electrons. The lowest BCUT2D eigenvalue weighted by Crippen LogP contribution is -2.19. The Morgan fingerprint density at radius 3 is 2.27 bits per heavy atom. The molecule has 0 spiro atoms. The van der Waals surface area contributed by atoms with Gasteiger partial charge in [0, 0.05) is 22.1 Å². The van der Waals surface area contributed by atoms with Gasteiger partial charge in [-0.15, -0.1) is 0 Å². The zero-order valence-corrected chi connectivity index (χ0v) is 16.6. The molecule has 0 aliphatic heterocycles. The predicted molar refractivity (Wildman–Crippen MR) is 113 cm³/mol. The minimum atomic E-state index is 0.524. The average molecular weight is 385 g/mol. The van der Waals surface area contributed by atoms with Crippen molar-refractivity contribution in [2.45, 2.75) is 27.3 Å². The van der Waals surface area contributed by atoms with Crippen LogP contribution in [0, 0.1) is 20.8 Å². The van der Waals surface area contributed by atoms with Crippen LogP contribution < -0.4 is 10.6 Å². The maximum atomic E-state index is 6.14. The number of hydrogen-bond acceptors (Lipinski definition) is 2. The number of aryl methyl sites for hydroxylation is 3. The van der Waals surface area contributed by atoms with Crippen LogP contribution in [0.25, 0.3) is 0 Å². The van der Waals surface area contributed by atoms with Gasteiger partial charge in [-0.05, 0) is 74.4 Å². The summed E-state index contributed by atoms with van der Waals surface area (Å²) < 4.78 is 2.01. The molecule has 3 rings (SSSR count). The van der Waals surface area contributed by atoms with Crippen molar-refractivity contribution < 1.29 is 0 Å². The summed E-state index contributed by atoms with van der Waals surface area (Å²) >= 11 is 11.5. The first-order chi connectivity index (χ1) is 12.4. The Bertz CT molecular complexity index is 931. The van der Waals surface area contributed by atoms with Gasteiger partial charge < -0.3 is 10.6 Å². The fraction of sp³-hybridized carbons (Fsp3) is 0.200. The molecule has 0 saturated heterocycles. The van der Waals surface area contributed by atoms with Crippen LogP contribution in [0.2, 0.25) is 5.02 Å². The molecule has 2 N–H and O–H groups in total. The highest BCUT2D eigenvalue weighted by atomic mass is 35.5. The summed E-state index contributed by atoms with van der Waals surface area (Å²) in [7, 11) is 0. The van der Waals surface area contributed by atoms with Crippen LogP contribution in [-0.2, 0) is 6.54 Å². The lowest BCUT2D eigenvalue weighted by Gasteiger charge is -2.12. The van der Waals surface area contributed by atoms with Crippen LogP contribution >= 0.6 is 23.8 Å². The molecular weight excluding hydrogens is 364 g/mol. The molecule has 1 aromatic heterocycles. The van der Waals surface area contributed by atoms with Crippen LogP contribution in [0.5, 0.6) is 0 Å². The van der Waals surface area contributed by atoms with Gasteiger partial charge in [-0.2, -0.15) is 5.10 Å². The number of anilines is 2. The van der Waals surface area contributed by atoms with Gasteiger partial charge in [0.15, 0.2) is 5.11 Å². The van der Waals surface area contributed by atoms with E-state index in [2.05, 4.69) is 40.9 Å². The highest BCUT2D eigenvalue weighted by molar-refractivity contribution is 7.80. The van der Waals surface area contributed by atoms with Crippen molar-refractivity contribution in [1.82, 2.24) is 9.78 Å². The SMILES string of the molecule is Cc1cc(C)n(Cc2ccc(NC(=S)Nc3ccc(C)c(Cl)c3)cc2)n1. The number of halogens is 1. The molecule has 0 aliphatic carbocycles. The second-order valence-corrected chi connectivity index (χ2v) is 7.14. The molecular formula is C20H21ClN4S. The van der Waals surface area contributed by atoms with Crippen molar-refractivity contribution in [3.05, 3.63) is 76.1 Å². The highest BCUT2D eigenvalue weighted by Crippen LogP contribution is 2.20. The Morgan fingerprint density at radius 2 is 1.65 bits per heavy atom. The van der Waals surface area contributed by atoms with Gasteiger partial charge >= 0.3 is 0 Å². The lowest BCUT2D eigenvalue weighted by molar-refractivity contribution is 0.659. The van der Waals surface area contributed by atoms with E-state index in [4.69, 9.17) is 23.8 Å². The summed E-state index contributed by atoms with van der Waals surface area (Å²) in [5, 5.41) is 12.1. The van der Waals surface area contributed by atoms with Crippen LogP contribution in [0.1, 0.15) is 22.5 Å². The molecule has 2 aromatic carbocycles. The smallest absolute Gasteiger partial charge is 0.175 e. The van der Waals surface area contributed by atoms with E-state index in [-0.39, 0.29) is 0 Å². The largest absolute Gasteiger partial charge is 0.332 e. The number of thiocarbonyl (C=S) groups is 1. The Kier molecular flexibility index (Phi) is 5.59. The Labute approximate surface area is 164 Å². The summed E-state index contributed by atoms with van der Waals surface area (Å²) in [6.45, 7) is 6.80. The minimum Gasteiger partial charge on any atom is -0.332 e. The normalized spacial score (nSPS) is 10.6. The first kappa shape index (κ1) is 18.4. The first-order valence-electron chi connectivity index (χ1n) is 8.35. The third kappa shape index (κ3) is 4.62. The average Bonchev–Trinajstić information content (AvgIpc) is 2.90.